The number of aromatic nitrogens is 3. The molecule has 5 nitrogen and oxygen atoms in total. The van der Waals surface area contributed by atoms with Crippen molar-refractivity contribution in [3.8, 4) is 11.4 Å². The van der Waals surface area contributed by atoms with E-state index >= 15 is 0 Å². The van der Waals surface area contributed by atoms with Crippen molar-refractivity contribution in [2.24, 2.45) is 5.92 Å². The third-order valence-corrected chi connectivity index (χ3v) is 5.24. The average Bonchev–Trinajstić information content (AvgIpc) is 2.64. The Bertz CT molecular complexity index is 690. The van der Waals surface area contributed by atoms with Crippen LogP contribution in [0.4, 0.5) is 5.82 Å². The third kappa shape index (κ3) is 4.54. The zero-order valence-electron chi connectivity index (χ0n) is 15.2. The van der Waals surface area contributed by atoms with E-state index in [-0.39, 0.29) is 6.10 Å². The standard InChI is InChI=1S/C20H28N4O/c1-14-15(2)23-20(17-9-12-21-13-10-17)24-19(14)22-11-5-7-16-6-3-4-8-18(16)25/h9-10,12-13,16,18,25H,3-8,11H2,1-2H3,(H,22,23,24). The zero-order valence-corrected chi connectivity index (χ0v) is 15.2. The van der Waals surface area contributed by atoms with Crippen molar-refractivity contribution in [1.29, 1.82) is 0 Å². The van der Waals surface area contributed by atoms with Crippen LogP contribution in [0.5, 0.6) is 0 Å². The van der Waals surface area contributed by atoms with Gasteiger partial charge in [0.25, 0.3) is 0 Å². The van der Waals surface area contributed by atoms with Gasteiger partial charge in [-0.15, -0.1) is 0 Å². The van der Waals surface area contributed by atoms with Crippen LogP contribution in [0, 0.1) is 19.8 Å². The molecule has 0 aliphatic heterocycles. The highest BCUT2D eigenvalue weighted by Crippen LogP contribution is 2.28. The highest BCUT2D eigenvalue weighted by molar-refractivity contribution is 5.59. The van der Waals surface area contributed by atoms with Crippen LogP contribution in [0.2, 0.25) is 0 Å². The van der Waals surface area contributed by atoms with E-state index < -0.39 is 0 Å². The Kier molecular flexibility index (Phi) is 5.97. The largest absolute Gasteiger partial charge is 0.393 e. The molecule has 0 radical (unpaired) electrons. The number of nitrogens with zero attached hydrogens (tertiary/aromatic N) is 3. The summed E-state index contributed by atoms with van der Waals surface area (Å²) in [5.41, 5.74) is 3.06. The lowest BCUT2D eigenvalue weighted by molar-refractivity contribution is 0.0648. The second-order valence-corrected chi connectivity index (χ2v) is 7.02. The van der Waals surface area contributed by atoms with Gasteiger partial charge in [-0.2, -0.15) is 0 Å². The van der Waals surface area contributed by atoms with Gasteiger partial charge in [0.05, 0.1) is 6.10 Å². The highest BCUT2D eigenvalue weighted by atomic mass is 16.3. The number of aliphatic hydroxyl groups excluding tert-OH is 1. The smallest absolute Gasteiger partial charge is 0.161 e. The second kappa shape index (κ2) is 8.39. The number of pyridine rings is 1. The third-order valence-electron chi connectivity index (χ3n) is 5.24. The molecule has 2 atom stereocenters. The van der Waals surface area contributed by atoms with E-state index in [0.29, 0.717) is 5.92 Å². The summed E-state index contributed by atoms with van der Waals surface area (Å²) < 4.78 is 0. The molecule has 2 unspecified atom stereocenters. The lowest BCUT2D eigenvalue weighted by Gasteiger charge is -2.27. The summed E-state index contributed by atoms with van der Waals surface area (Å²) in [6, 6.07) is 3.86. The lowest BCUT2D eigenvalue weighted by atomic mass is 9.83. The fourth-order valence-electron chi connectivity index (χ4n) is 3.53. The maximum absolute atomic E-state index is 10.1. The van der Waals surface area contributed by atoms with E-state index in [1.165, 1.54) is 19.3 Å². The molecule has 134 valence electrons. The van der Waals surface area contributed by atoms with Gasteiger partial charge in [0.1, 0.15) is 5.82 Å². The van der Waals surface area contributed by atoms with E-state index in [1.54, 1.807) is 12.4 Å². The minimum Gasteiger partial charge on any atom is -0.393 e. The Morgan fingerprint density at radius 2 is 1.88 bits per heavy atom. The van der Waals surface area contributed by atoms with Crippen LogP contribution in [0.25, 0.3) is 11.4 Å². The second-order valence-electron chi connectivity index (χ2n) is 7.02. The van der Waals surface area contributed by atoms with Gasteiger partial charge in [-0.3, -0.25) is 4.98 Å². The molecule has 0 aromatic carbocycles. The predicted molar refractivity (Wildman–Crippen MR) is 100 cm³/mol. The van der Waals surface area contributed by atoms with Crippen LogP contribution in [-0.2, 0) is 0 Å². The van der Waals surface area contributed by atoms with Gasteiger partial charge in [-0.1, -0.05) is 12.8 Å². The maximum atomic E-state index is 10.1. The number of anilines is 1. The minimum absolute atomic E-state index is 0.102. The fraction of sp³-hybridized carbons (Fsp3) is 0.550. The molecule has 0 saturated heterocycles. The number of aryl methyl sites for hydroxylation is 1. The summed E-state index contributed by atoms with van der Waals surface area (Å²) in [5.74, 6) is 2.11. The first-order chi connectivity index (χ1) is 12.1. The van der Waals surface area contributed by atoms with Crippen LogP contribution in [0.3, 0.4) is 0 Å². The predicted octanol–water partition coefficient (Wildman–Crippen LogP) is 3.90. The Morgan fingerprint density at radius 1 is 1.12 bits per heavy atom. The summed E-state index contributed by atoms with van der Waals surface area (Å²) >= 11 is 0. The molecule has 0 bridgehead atoms. The fourth-order valence-corrected chi connectivity index (χ4v) is 3.53. The minimum atomic E-state index is -0.102. The molecule has 5 heteroatoms. The maximum Gasteiger partial charge on any atom is 0.161 e. The van der Waals surface area contributed by atoms with Crippen molar-refractivity contribution in [1.82, 2.24) is 15.0 Å². The van der Waals surface area contributed by atoms with Crippen molar-refractivity contribution in [2.75, 3.05) is 11.9 Å². The number of nitrogens with one attached hydrogen (secondary N) is 1. The topological polar surface area (TPSA) is 70.9 Å². The van der Waals surface area contributed by atoms with Crippen LogP contribution in [0.15, 0.2) is 24.5 Å². The average molecular weight is 340 g/mol. The molecule has 0 spiro atoms. The van der Waals surface area contributed by atoms with Gasteiger partial charge in [-0.05, 0) is 57.6 Å². The van der Waals surface area contributed by atoms with E-state index in [4.69, 9.17) is 4.98 Å². The summed E-state index contributed by atoms with van der Waals surface area (Å²) in [6.07, 6.45) is 10.1. The molecule has 2 heterocycles. The molecular formula is C20H28N4O. The van der Waals surface area contributed by atoms with Crippen LogP contribution < -0.4 is 5.32 Å². The molecule has 2 aromatic rings. The molecular weight excluding hydrogens is 312 g/mol. The van der Waals surface area contributed by atoms with Gasteiger partial charge >= 0.3 is 0 Å². The molecule has 1 fully saturated rings. The summed E-state index contributed by atoms with van der Waals surface area (Å²) in [4.78, 5) is 13.4. The van der Waals surface area contributed by atoms with E-state index in [9.17, 15) is 5.11 Å². The first-order valence-electron chi connectivity index (χ1n) is 9.32. The summed E-state index contributed by atoms with van der Waals surface area (Å²) in [7, 11) is 0. The van der Waals surface area contributed by atoms with Gasteiger partial charge in [0.15, 0.2) is 5.82 Å². The molecule has 0 amide bonds. The Labute approximate surface area is 150 Å². The van der Waals surface area contributed by atoms with Gasteiger partial charge < -0.3 is 10.4 Å². The number of hydrogen-bond acceptors (Lipinski definition) is 5. The molecule has 25 heavy (non-hydrogen) atoms. The monoisotopic (exact) mass is 340 g/mol. The van der Waals surface area contributed by atoms with Crippen LogP contribution in [0.1, 0.15) is 49.8 Å². The molecule has 2 aromatic heterocycles. The Morgan fingerprint density at radius 3 is 2.64 bits per heavy atom. The zero-order chi connectivity index (χ0) is 17.6. The van der Waals surface area contributed by atoms with Crippen molar-refractivity contribution in [3.63, 3.8) is 0 Å². The first-order valence-corrected chi connectivity index (χ1v) is 9.32. The summed E-state index contributed by atoms with van der Waals surface area (Å²) in [6.45, 7) is 4.94. The molecule has 1 saturated carbocycles. The summed E-state index contributed by atoms with van der Waals surface area (Å²) in [5, 5.41) is 13.6. The molecule has 2 N–H and O–H groups in total. The van der Waals surface area contributed by atoms with Gasteiger partial charge in [0, 0.05) is 35.8 Å². The number of hydrogen-bond donors (Lipinski definition) is 2. The van der Waals surface area contributed by atoms with Crippen molar-refractivity contribution in [3.05, 3.63) is 35.8 Å². The number of rotatable bonds is 6. The van der Waals surface area contributed by atoms with Crippen molar-refractivity contribution < 1.29 is 5.11 Å². The molecule has 1 aliphatic carbocycles. The SMILES string of the molecule is Cc1nc(-c2ccncc2)nc(NCCCC2CCCCC2O)c1C. The highest BCUT2D eigenvalue weighted by Gasteiger charge is 2.22. The van der Waals surface area contributed by atoms with Crippen LogP contribution >= 0.6 is 0 Å². The number of aliphatic hydroxyl groups is 1. The van der Waals surface area contributed by atoms with E-state index in [0.717, 1.165) is 54.3 Å². The van der Waals surface area contributed by atoms with Gasteiger partial charge in [0.2, 0.25) is 0 Å². The van der Waals surface area contributed by atoms with Crippen molar-refractivity contribution >= 4 is 5.82 Å². The molecule has 1 aliphatic rings. The van der Waals surface area contributed by atoms with Crippen molar-refractivity contribution in [2.45, 2.75) is 58.5 Å². The normalized spacial score (nSPS) is 20.4. The first kappa shape index (κ1) is 17.8. The lowest BCUT2D eigenvalue weighted by Crippen LogP contribution is -2.24. The van der Waals surface area contributed by atoms with Crippen LogP contribution in [-0.4, -0.2) is 32.7 Å². The van der Waals surface area contributed by atoms with Gasteiger partial charge in [-0.25, -0.2) is 9.97 Å². The molecule has 3 rings (SSSR count). The van der Waals surface area contributed by atoms with E-state index in [1.807, 2.05) is 19.1 Å². The van der Waals surface area contributed by atoms with E-state index in [2.05, 4.69) is 22.2 Å². The Balaban J connectivity index is 1.61. The Hall–Kier alpha value is -2.01. The quantitative estimate of drug-likeness (QED) is 0.781.